The Morgan fingerprint density at radius 3 is 2.29 bits per heavy atom. The van der Waals surface area contributed by atoms with Crippen LogP contribution in [0, 0.1) is 0 Å². The Kier molecular flexibility index (Phi) is 3.59. The van der Waals surface area contributed by atoms with Crippen LogP contribution in [0.1, 0.15) is 40.0 Å². The molecule has 0 N–H and O–H groups in total. The first-order valence-corrected chi connectivity index (χ1v) is 8.56. The summed E-state index contributed by atoms with van der Waals surface area (Å²) >= 11 is 0. The maximum Gasteiger partial charge on any atom is 0.192 e. The van der Waals surface area contributed by atoms with Crippen LogP contribution in [-0.4, -0.2) is 14.4 Å². The molecule has 0 fully saturated rings. The van der Waals surface area contributed by atoms with E-state index in [1.807, 2.05) is 0 Å². The van der Waals surface area contributed by atoms with Gasteiger partial charge in [-0.2, -0.15) is 0 Å². The summed E-state index contributed by atoms with van der Waals surface area (Å²) in [7, 11) is -1.53. The van der Waals surface area contributed by atoms with Crippen LogP contribution in [0.2, 0.25) is 18.1 Å². The van der Waals surface area contributed by atoms with E-state index in [2.05, 4.69) is 46.0 Å². The van der Waals surface area contributed by atoms with Crippen LogP contribution < -0.4 is 0 Å². The van der Waals surface area contributed by atoms with E-state index in [4.69, 9.17) is 4.43 Å². The van der Waals surface area contributed by atoms with Gasteiger partial charge < -0.3 is 4.43 Å². The van der Waals surface area contributed by atoms with Crippen LogP contribution in [0.5, 0.6) is 0 Å². The van der Waals surface area contributed by atoms with Crippen molar-refractivity contribution in [3.63, 3.8) is 0 Å². The summed E-state index contributed by atoms with van der Waals surface area (Å²) in [6, 6.07) is 0. The third kappa shape index (κ3) is 2.96. The first kappa shape index (κ1) is 12.0. The molecule has 0 heterocycles. The third-order valence-electron chi connectivity index (χ3n) is 3.49. The lowest BCUT2D eigenvalue weighted by atomic mass is 10.1. The zero-order valence-corrected chi connectivity index (χ0v) is 11.3. The van der Waals surface area contributed by atoms with Crippen molar-refractivity contribution >= 4 is 8.32 Å². The fourth-order valence-electron chi connectivity index (χ4n) is 1.47. The van der Waals surface area contributed by atoms with Crippen molar-refractivity contribution in [2.45, 2.75) is 64.3 Å². The van der Waals surface area contributed by atoms with Crippen LogP contribution >= 0.6 is 0 Å². The molecule has 1 nitrogen and oxygen atoms in total. The van der Waals surface area contributed by atoms with E-state index < -0.39 is 8.32 Å². The van der Waals surface area contributed by atoms with Crippen LogP contribution in [0.15, 0.2) is 12.2 Å². The van der Waals surface area contributed by atoms with Crippen molar-refractivity contribution in [1.82, 2.24) is 0 Å². The minimum atomic E-state index is -1.53. The Bertz CT molecular complexity index is 213. The van der Waals surface area contributed by atoms with Crippen molar-refractivity contribution < 1.29 is 4.43 Å². The molecule has 1 atom stereocenters. The first-order valence-electron chi connectivity index (χ1n) is 5.66. The summed E-state index contributed by atoms with van der Waals surface area (Å²) in [6.07, 6.45) is 8.54. The van der Waals surface area contributed by atoms with Gasteiger partial charge in [-0.3, -0.25) is 0 Å². The maximum absolute atomic E-state index is 6.33. The standard InChI is InChI=1S/C12H24OSi/c1-12(2,3)14(4,5)13-11-9-7-6-8-10-11/h6-7,11H,8-10H2,1-5H3. The molecule has 0 saturated carbocycles. The Morgan fingerprint density at radius 2 is 1.86 bits per heavy atom. The van der Waals surface area contributed by atoms with Crippen LogP contribution in [-0.2, 0) is 4.43 Å². The smallest absolute Gasteiger partial charge is 0.192 e. The van der Waals surface area contributed by atoms with Crippen molar-refractivity contribution in [2.24, 2.45) is 0 Å². The van der Waals surface area contributed by atoms with Gasteiger partial charge in [0.1, 0.15) is 0 Å². The second-order valence-corrected chi connectivity index (χ2v) is 10.5. The number of rotatable bonds is 2. The van der Waals surface area contributed by atoms with Crippen LogP contribution in [0.25, 0.3) is 0 Å². The molecule has 0 aromatic rings. The van der Waals surface area contributed by atoms with Gasteiger partial charge >= 0.3 is 0 Å². The molecule has 0 amide bonds. The average molecular weight is 212 g/mol. The van der Waals surface area contributed by atoms with Crippen molar-refractivity contribution in [2.75, 3.05) is 0 Å². The molecule has 0 aliphatic heterocycles. The summed E-state index contributed by atoms with van der Waals surface area (Å²) in [4.78, 5) is 0. The molecule has 0 saturated heterocycles. The van der Waals surface area contributed by atoms with Gasteiger partial charge in [-0.05, 0) is 37.4 Å². The highest BCUT2D eigenvalue weighted by Gasteiger charge is 2.38. The number of hydrogen-bond acceptors (Lipinski definition) is 1. The van der Waals surface area contributed by atoms with Gasteiger partial charge in [-0.15, -0.1) is 0 Å². The topological polar surface area (TPSA) is 9.23 Å². The Labute approximate surface area is 89.7 Å². The number of allylic oxidation sites excluding steroid dienone is 1. The molecule has 1 aliphatic rings. The van der Waals surface area contributed by atoms with E-state index in [0.29, 0.717) is 11.1 Å². The molecule has 82 valence electrons. The van der Waals surface area contributed by atoms with E-state index in [-0.39, 0.29) is 0 Å². The van der Waals surface area contributed by atoms with Gasteiger partial charge in [-0.25, -0.2) is 0 Å². The lowest BCUT2D eigenvalue weighted by Gasteiger charge is -2.39. The molecule has 0 radical (unpaired) electrons. The van der Waals surface area contributed by atoms with E-state index >= 15 is 0 Å². The first-order chi connectivity index (χ1) is 6.33. The molecule has 1 aliphatic carbocycles. The van der Waals surface area contributed by atoms with Crippen molar-refractivity contribution in [1.29, 1.82) is 0 Å². The van der Waals surface area contributed by atoms with E-state index in [1.54, 1.807) is 0 Å². The minimum Gasteiger partial charge on any atom is -0.414 e. The van der Waals surface area contributed by atoms with E-state index in [1.165, 1.54) is 12.8 Å². The lowest BCUT2D eigenvalue weighted by Crippen LogP contribution is -2.44. The summed E-state index contributed by atoms with van der Waals surface area (Å²) in [5.74, 6) is 0. The van der Waals surface area contributed by atoms with Crippen molar-refractivity contribution in [3.05, 3.63) is 12.2 Å². The van der Waals surface area contributed by atoms with Crippen molar-refractivity contribution in [3.8, 4) is 0 Å². The SMILES string of the molecule is CC(C)(C)[Si](C)(C)OC1CC=CCC1. The normalized spacial score (nSPS) is 23.9. The Hall–Kier alpha value is -0.0831. The molecule has 14 heavy (non-hydrogen) atoms. The van der Waals surface area contributed by atoms with Gasteiger partial charge in [0, 0.05) is 6.10 Å². The fraction of sp³-hybridized carbons (Fsp3) is 0.833. The molecule has 0 spiro atoms. The molecule has 2 heteroatoms. The minimum absolute atomic E-state index is 0.341. The predicted octanol–water partition coefficient (Wildman–Crippen LogP) is 4.12. The van der Waals surface area contributed by atoms with Gasteiger partial charge in [-0.1, -0.05) is 32.9 Å². The Balaban J connectivity index is 2.54. The molecule has 1 unspecified atom stereocenters. The van der Waals surface area contributed by atoms with Gasteiger partial charge in [0.05, 0.1) is 0 Å². The van der Waals surface area contributed by atoms with Gasteiger partial charge in [0.15, 0.2) is 8.32 Å². The van der Waals surface area contributed by atoms with E-state index in [0.717, 1.165) is 6.42 Å². The molecular weight excluding hydrogens is 188 g/mol. The highest BCUT2D eigenvalue weighted by atomic mass is 28.4. The largest absolute Gasteiger partial charge is 0.414 e. The molecule has 1 rings (SSSR count). The van der Waals surface area contributed by atoms with Crippen LogP contribution in [0.4, 0.5) is 0 Å². The summed E-state index contributed by atoms with van der Waals surface area (Å²) in [6.45, 7) is 11.6. The molecule has 0 bridgehead atoms. The highest BCUT2D eigenvalue weighted by molar-refractivity contribution is 6.74. The molecule has 0 aromatic carbocycles. The summed E-state index contributed by atoms with van der Waals surface area (Å²) in [5.41, 5.74) is 0. The summed E-state index contributed by atoms with van der Waals surface area (Å²) in [5, 5.41) is 0.341. The highest BCUT2D eigenvalue weighted by Crippen LogP contribution is 2.38. The van der Waals surface area contributed by atoms with Crippen LogP contribution in [0.3, 0.4) is 0 Å². The third-order valence-corrected chi connectivity index (χ3v) is 8.02. The second kappa shape index (κ2) is 4.19. The second-order valence-electron chi connectivity index (χ2n) is 5.78. The molecular formula is C12H24OSi. The average Bonchev–Trinajstić information content (AvgIpc) is 2.03. The predicted molar refractivity (Wildman–Crippen MR) is 65.1 cm³/mol. The fourth-order valence-corrected chi connectivity index (χ4v) is 2.87. The quantitative estimate of drug-likeness (QED) is 0.494. The Morgan fingerprint density at radius 1 is 1.21 bits per heavy atom. The lowest BCUT2D eigenvalue weighted by molar-refractivity contribution is 0.170. The van der Waals surface area contributed by atoms with Gasteiger partial charge in [0.25, 0.3) is 0 Å². The van der Waals surface area contributed by atoms with E-state index in [9.17, 15) is 0 Å². The zero-order valence-electron chi connectivity index (χ0n) is 10.3. The summed E-state index contributed by atoms with van der Waals surface area (Å²) < 4.78 is 6.33. The maximum atomic E-state index is 6.33. The van der Waals surface area contributed by atoms with Gasteiger partial charge in [0.2, 0.25) is 0 Å². The molecule has 0 aromatic heterocycles. The monoisotopic (exact) mass is 212 g/mol. The number of hydrogen-bond donors (Lipinski definition) is 0. The zero-order chi connectivity index (χ0) is 10.8.